The molecule has 0 spiro atoms. The van der Waals surface area contributed by atoms with Crippen LogP contribution in [0.2, 0.25) is 0 Å². The Hall–Kier alpha value is -1.64. The van der Waals surface area contributed by atoms with Crippen LogP contribution in [0.5, 0.6) is 0 Å². The van der Waals surface area contributed by atoms with Crippen molar-refractivity contribution in [2.45, 2.75) is 25.9 Å². The predicted octanol–water partition coefficient (Wildman–Crippen LogP) is 4.37. The first-order valence-electron chi connectivity index (χ1n) is 8.10. The zero-order valence-corrected chi connectivity index (χ0v) is 14.2. The lowest BCUT2D eigenvalue weighted by Crippen LogP contribution is -2.33. The van der Waals surface area contributed by atoms with Crippen molar-refractivity contribution in [3.8, 4) is 0 Å². The van der Waals surface area contributed by atoms with E-state index < -0.39 is 0 Å². The predicted molar refractivity (Wildman–Crippen MR) is 95.0 cm³/mol. The van der Waals surface area contributed by atoms with Crippen LogP contribution in [0.15, 0.2) is 60.7 Å². The van der Waals surface area contributed by atoms with Gasteiger partial charge < -0.3 is 0 Å². The van der Waals surface area contributed by atoms with Gasteiger partial charge in [-0.3, -0.25) is 9.80 Å². The molecule has 2 aromatic rings. The van der Waals surface area contributed by atoms with Crippen molar-refractivity contribution in [1.82, 2.24) is 9.80 Å². The summed E-state index contributed by atoms with van der Waals surface area (Å²) in [5.41, 5.74) is 2.76. The van der Waals surface area contributed by atoms with Crippen LogP contribution in [-0.2, 0) is 0 Å². The third-order valence-corrected chi connectivity index (χ3v) is 4.69. The highest BCUT2D eigenvalue weighted by Crippen LogP contribution is 2.20. The molecule has 0 amide bonds. The minimum atomic E-state index is 0.446. The third kappa shape index (κ3) is 4.43. The summed E-state index contributed by atoms with van der Waals surface area (Å²) >= 11 is 0. The van der Waals surface area contributed by atoms with Crippen LogP contribution in [0.25, 0.3) is 0 Å². The Morgan fingerprint density at radius 2 is 0.955 bits per heavy atom. The summed E-state index contributed by atoms with van der Waals surface area (Å²) in [7, 11) is 4.41. The molecule has 0 saturated carbocycles. The van der Waals surface area contributed by atoms with E-state index in [1.807, 2.05) is 0 Å². The summed E-state index contributed by atoms with van der Waals surface area (Å²) in [5, 5.41) is 0. The van der Waals surface area contributed by atoms with Crippen molar-refractivity contribution in [3.05, 3.63) is 71.8 Å². The molecule has 0 saturated heterocycles. The first kappa shape index (κ1) is 16.7. The molecule has 0 N–H and O–H groups in total. The van der Waals surface area contributed by atoms with E-state index in [0.717, 1.165) is 13.1 Å². The smallest absolute Gasteiger partial charge is 0.0317 e. The Labute approximate surface area is 135 Å². The lowest BCUT2D eigenvalue weighted by atomic mass is 10.1. The molecule has 0 aliphatic heterocycles. The normalized spacial score (nSPS) is 14.3. The highest BCUT2D eigenvalue weighted by Gasteiger charge is 2.15. The van der Waals surface area contributed by atoms with Crippen LogP contribution >= 0.6 is 0 Å². The molecule has 0 radical (unpaired) electrons. The maximum absolute atomic E-state index is 2.42. The van der Waals surface area contributed by atoms with Gasteiger partial charge in [-0.25, -0.2) is 0 Å². The first-order chi connectivity index (χ1) is 10.6. The fourth-order valence-corrected chi connectivity index (χ4v) is 2.67. The van der Waals surface area contributed by atoms with Gasteiger partial charge in [0.25, 0.3) is 0 Å². The summed E-state index contributed by atoms with van der Waals surface area (Å²) in [5.74, 6) is 0. The van der Waals surface area contributed by atoms with E-state index in [1.54, 1.807) is 0 Å². The minimum Gasteiger partial charge on any atom is -0.298 e. The second kappa shape index (κ2) is 8.11. The molecule has 2 rings (SSSR count). The van der Waals surface area contributed by atoms with Crippen molar-refractivity contribution < 1.29 is 0 Å². The highest BCUT2D eigenvalue weighted by molar-refractivity contribution is 5.19. The monoisotopic (exact) mass is 296 g/mol. The van der Waals surface area contributed by atoms with Gasteiger partial charge in [-0.1, -0.05) is 60.7 Å². The van der Waals surface area contributed by atoms with Crippen molar-refractivity contribution in [2.75, 3.05) is 27.2 Å². The second-order valence-corrected chi connectivity index (χ2v) is 6.13. The Morgan fingerprint density at radius 1 is 0.636 bits per heavy atom. The molecule has 118 valence electrons. The Balaban J connectivity index is 1.86. The molecule has 0 aromatic heterocycles. The molecule has 0 heterocycles. The summed E-state index contributed by atoms with van der Waals surface area (Å²) < 4.78 is 0. The fourth-order valence-electron chi connectivity index (χ4n) is 2.67. The van der Waals surface area contributed by atoms with Gasteiger partial charge in [0, 0.05) is 25.2 Å². The molecule has 22 heavy (non-hydrogen) atoms. The van der Waals surface area contributed by atoms with Crippen LogP contribution in [0.4, 0.5) is 0 Å². The summed E-state index contributed by atoms with van der Waals surface area (Å²) in [4.78, 5) is 4.84. The van der Waals surface area contributed by atoms with Gasteiger partial charge in [0.15, 0.2) is 0 Å². The molecular weight excluding hydrogens is 268 g/mol. The number of likely N-dealkylation sites (N-methyl/N-ethyl adjacent to an activating group) is 2. The third-order valence-electron chi connectivity index (χ3n) is 4.69. The molecule has 2 unspecified atom stereocenters. The van der Waals surface area contributed by atoms with Crippen LogP contribution in [0.1, 0.15) is 37.1 Å². The van der Waals surface area contributed by atoms with Crippen molar-refractivity contribution in [3.63, 3.8) is 0 Å². The largest absolute Gasteiger partial charge is 0.298 e. The van der Waals surface area contributed by atoms with Crippen LogP contribution in [0, 0.1) is 0 Å². The summed E-state index contributed by atoms with van der Waals surface area (Å²) in [6.45, 7) is 6.67. The fraction of sp³-hybridized carbons (Fsp3) is 0.400. The maximum atomic E-state index is 2.42. The van der Waals surface area contributed by atoms with Gasteiger partial charge in [-0.05, 0) is 39.1 Å². The second-order valence-electron chi connectivity index (χ2n) is 6.13. The van der Waals surface area contributed by atoms with Crippen molar-refractivity contribution >= 4 is 0 Å². The van der Waals surface area contributed by atoms with Crippen LogP contribution in [0.3, 0.4) is 0 Å². The van der Waals surface area contributed by atoms with Gasteiger partial charge in [-0.15, -0.1) is 0 Å². The SMILES string of the molecule is CC(c1ccccc1)N(C)CCN(C)C(C)c1ccccc1. The molecule has 0 aliphatic rings. The summed E-state index contributed by atoms with van der Waals surface area (Å²) in [6.07, 6.45) is 0. The Morgan fingerprint density at radius 3 is 1.27 bits per heavy atom. The molecular formula is C20H28N2. The molecule has 2 nitrogen and oxygen atoms in total. The minimum absolute atomic E-state index is 0.446. The van der Waals surface area contributed by atoms with Crippen LogP contribution < -0.4 is 0 Å². The van der Waals surface area contributed by atoms with Crippen molar-refractivity contribution in [1.29, 1.82) is 0 Å². The topological polar surface area (TPSA) is 6.48 Å². The Bertz CT molecular complexity index is 487. The maximum Gasteiger partial charge on any atom is 0.0317 e. The molecule has 2 aromatic carbocycles. The lowest BCUT2D eigenvalue weighted by Gasteiger charge is -2.30. The number of benzene rings is 2. The molecule has 0 fully saturated rings. The zero-order chi connectivity index (χ0) is 15.9. The van der Waals surface area contributed by atoms with Gasteiger partial charge >= 0.3 is 0 Å². The quantitative estimate of drug-likeness (QED) is 0.748. The van der Waals surface area contributed by atoms with Crippen LogP contribution in [-0.4, -0.2) is 37.0 Å². The molecule has 0 aliphatic carbocycles. The average molecular weight is 296 g/mol. The first-order valence-corrected chi connectivity index (χ1v) is 8.10. The van der Waals surface area contributed by atoms with E-state index in [2.05, 4.69) is 98.4 Å². The number of rotatable bonds is 7. The molecule has 2 heteroatoms. The molecule has 0 bridgehead atoms. The van der Waals surface area contributed by atoms with E-state index >= 15 is 0 Å². The number of hydrogen-bond acceptors (Lipinski definition) is 2. The average Bonchev–Trinajstić information content (AvgIpc) is 2.59. The van der Waals surface area contributed by atoms with E-state index in [1.165, 1.54) is 11.1 Å². The van der Waals surface area contributed by atoms with E-state index in [-0.39, 0.29) is 0 Å². The molecule has 2 atom stereocenters. The van der Waals surface area contributed by atoms with E-state index in [4.69, 9.17) is 0 Å². The van der Waals surface area contributed by atoms with Gasteiger partial charge in [0.2, 0.25) is 0 Å². The number of nitrogens with zero attached hydrogens (tertiary/aromatic N) is 2. The van der Waals surface area contributed by atoms with Gasteiger partial charge in [-0.2, -0.15) is 0 Å². The Kier molecular flexibility index (Phi) is 6.17. The zero-order valence-electron chi connectivity index (χ0n) is 14.2. The standard InChI is InChI=1S/C20H28N2/c1-17(19-11-7-5-8-12-19)21(3)15-16-22(4)18(2)20-13-9-6-10-14-20/h5-14,17-18H,15-16H2,1-4H3. The van der Waals surface area contributed by atoms with Crippen molar-refractivity contribution in [2.24, 2.45) is 0 Å². The number of hydrogen-bond donors (Lipinski definition) is 0. The lowest BCUT2D eigenvalue weighted by molar-refractivity contribution is 0.190. The van der Waals surface area contributed by atoms with Gasteiger partial charge in [0.05, 0.1) is 0 Å². The van der Waals surface area contributed by atoms with E-state index in [0.29, 0.717) is 12.1 Å². The highest BCUT2D eigenvalue weighted by atomic mass is 15.2. The van der Waals surface area contributed by atoms with Gasteiger partial charge in [0.1, 0.15) is 0 Å². The van der Waals surface area contributed by atoms with E-state index in [9.17, 15) is 0 Å². The summed E-state index contributed by atoms with van der Waals surface area (Å²) in [6, 6.07) is 22.3.